The number of amides is 1. The number of ether oxygens (including phenoxy) is 2. The number of carbonyl (C=O) groups excluding carboxylic acids is 1. The maximum atomic E-state index is 12.8. The van der Waals surface area contributed by atoms with Gasteiger partial charge in [0.25, 0.3) is 11.5 Å². The average Bonchev–Trinajstić information content (AvgIpc) is 2.74. The van der Waals surface area contributed by atoms with Crippen LogP contribution < -0.4 is 20.3 Å². The van der Waals surface area contributed by atoms with E-state index < -0.39 is 0 Å². The molecule has 4 rings (SSSR count). The van der Waals surface area contributed by atoms with Gasteiger partial charge in [0.2, 0.25) is 0 Å². The van der Waals surface area contributed by atoms with Crippen LogP contribution in [0, 0.1) is 0 Å². The molecule has 1 atom stereocenters. The van der Waals surface area contributed by atoms with Gasteiger partial charge in [0.05, 0.1) is 11.9 Å². The van der Waals surface area contributed by atoms with Crippen LogP contribution in [-0.4, -0.2) is 34.9 Å². The Morgan fingerprint density at radius 1 is 1.14 bits per heavy atom. The number of fused-ring (bicyclic) bond motifs is 2. The van der Waals surface area contributed by atoms with Gasteiger partial charge in [-0.15, -0.1) is 0 Å². The molecule has 1 N–H and O–H groups in total. The Kier molecular flexibility index (Phi) is 4.97. The largest absolute Gasteiger partial charge is 0.486 e. The van der Waals surface area contributed by atoms with Gasteiger partial charge in [-0.1, -0.05) is 37.3 Å². The first kappa shape index (κ1) is 18.0. The highest BCUT2D eigenvalue weighted by Crippen LogP contribution is 2.30. The van der Waals surface area contributed by atoms with Gasteiger partial charge in [0.15, 0.2) is 17.2 Å². The number of hydrogen-bond donors (Lipinski definition) is 1. The minimum Gasteiger partial charge on any atom is -0.486 e. The van der Waals surface area contributed by atoms with Crippen molar-refractivity contribution in [3.8, 4) is 11.5 Å². The third-order valence-electron chi connectivity index (χ3n) is 4.58. The van der Waals surface area contributed by atoms with Crippen LogP contribution in [0.25, 0.3) is 10.8 Å². The standard InChI is InChI=1S/C21H21N3O4/c1-2-11-24-21(26)16-8-4-3-7-15(16)19(23-24)20(25)22-12-14-13-27-17-9-5-6-10-18(17)28-14/h3-10,14H,2,11-13H2,1H3,(H,22,25)/t14-/m1/s1. The second-order valence-electron chi connectivity index (χ2n) is 6.63. The predicted octanol–water partition coefficient (Wildman–Crippen LogP) is 2.38. The van der Waals surface area contributed by atoms with Gasteiger partial charge in [0.1, 0.15) is 12.7 Å². The summed E-state index contributed by atoms with van der Waals surface area (Å²) < 4.78 is 12.9. The Bertz CT molecular complexity index is 1080. The lowest BCUT2D eigenvalue weighted by Crippen LogP contribution is -2.41. The molecule has 0 saturated heterocycles. The molecule has 7 nitrogen and oxygen atoms in total. The summed E-state index contributed by atoms with van der Waals surface area (Å²) in [6.07, 6.45) is 0.450. The molecule has 1 aliphatic rings. The summed E-state index contributed by atoms with van der Waals surface area (Å²) in [7, 11) is 0. The molecule has 1 aromatic heterocycles. The molecule has 0 spiro atoms. The number of aromatic nitrogens is 2. The number of carbonyl (C=O) groups is 1. The first-order valence-electron chi connectivity index (χ1n) is 9.34. The summed E-state index contributed by atoms with van der Waals surface area (Å²) >= 11 is 0. The lowest BCUT2D eigenvalue weighted by atomic mass is 10.1. The molecule has 0 radical (unpaired) electrons. The van der Waals surface area contributed by atoms with E-state index >= 15 is 0 Å². The first-order valence-corrected chi connectivity index (χ1v) is 9.34. The quantitative estimate of drug-likeness (QED) is 0.736. The Balaban J connectivity index is 1.54. The van der Waals surface area contributed by atoms with Crippen molar-refractivity contribution in [1.82, 2.24) is 15.1 Å². The molecule has 0 saturated carbocycles. The maximum Gasteiger partial charge on any atom is 0.274 e. The Morgan fingerprint density at radius 2 is 1.86 bits per heavy atom. The molecule has 28 heavy (non-hydrogen) atoms. The molecule has 2 heterocycles. The van der Waals surface area contributed by atoms with Gasteiger partial charge in [-0.05, 0) is 24.6 Å². The Hall–Kier alpha value is -3.35. The monoisotopic (exact) mass is 379 g/mol. The van der Waals surface area contributed by atoms with Gasteiger partial charge in [-0.25, -0.2) is 4.68 Å². The second kappa shape index (κ2) is 7.72. The van der Waals surface area contributed by atoms with Crippen LogP contribution in [0.2, 0.25) is 0 Å². The van der Waals surface area contributed by atoms with Gasteiger partial charge < -0.3 is 14.8 Å². The number of benzene rings is 2. The van der Waals surface area contributed by atoms with E-state index in [-0.39, 0.29) is 29.8 Å². The molecule has 144 valence electrons. The van der Waals surface area contributed by atoms with Gasteiger partial charge in [-0.2, -0.15) is 5.10 Å². The van der Waals surface area contributed by atoms with Gasteiger partial charge in [0, 0.05) is 11.9 Å². The third kappa shape index (κ3) is 3.43. The van der Waals surface area contributed by atoms with Crippen molar-refractivity contribution in [2.75, 3.05) is 13.2 Å². The summed E-state index contributed by atoms with van der Waals surface area (Å²) in [4.78, 5) is 25.4. The van der Waals surface area contributed by atoms with Crippen molar-refractivity contribution in [1.29, 1.82) is 0 Å². The van der Waals surface area contributed by atoms with Gasteiger partial charge >= 0.3 is 0 Å². The van der Waals surface area contributed by atoms with Crippen LogP contribution in [0.3, 0.4) is 0 Å². The number of rotatable bonds is 5. The summed E-state index contributed by atoms with van der Waals surface area (Å²) in [5.41, 5.74) is 0.0513. The van der Waals surface area contributed by atoms with Crippen molar-refractivity contribution in [3.05, 3.63) is 64.6 Å². The second-order valence-corrected chi connectivity index (χ2v) is 6.63. The van der Waals surface area contributed by atoms with Crippen LogP contribution in [0.5, 0.6) is 11.5 Å². The van der Waals surface area contributed by atoms with Crippen LogP contribution in [-0.2, 0) is 6.54 Å². The molecule has 0 unspecified atom stereocenters. The van der Waals surface area contributed by atoms with Crippen molar-refractivity contribution in [3.63, 3.8) is 0 Å². The molecule has 7 heteroatoms. The summed E-state index contributed by atoms with van der Waals surface area (Å²) in [5.74, 6) is 1.01. The molecule has 0 bridgehead atoms. The van der Waals surface area contributed by atoms with E-state index in [1.165, 1.54) is 4.68 Å². The van der Waals surface area contributed by atoms with E-state index in [0.29, 0.717) is 35.4 Å². The fourth-order valence-electron chi connectivity index (χ4n) is 3.22. The fourth-order valence-corrected chi connectivity index (χ4v) is 3.22. The van der Waals surface area contributed by atoms with Crippen LogP contribution in [0.15, 0.2) is 53.3 Å². The molecule has 0 aliphatic carbocycles. The summed E-state index contributed by atoms with van der Waals surface area (Å²) in [6, 6.07) is 14.5. The minimum absolute atomic E-state index is 0.186. The van der Waals surface area contributed by atoms with E-state index in [2.05, 4.69) is 10.4 Å². The molecule has 1 amide bonds. The van der Waals surface area contributed by atoms with Crippen molar-refractivity contribution >= 4 is 16.7 Å². The smallest absolute Gasteiger partial charge is 0.274 e. The van der Waals surface area contributed by atoms with E-state index in [1.54, 1.807) is 24.3 Å². The highest BCUT2D eigenvalue weighted by molar-refractivity contribution is 6.04. The fraction of sp³-hybridized carbons (Fsp3) is 0.286. The Morgan fingerprint density at radius 3 is 2.64 bits per heavy atom. The minimum atomic E-state index is -0.344. The number of hydrogen-bond acceptors (Lipinski definition) is 5. The van der Waals surface area contributed by atoms with Crippen LogP contribution in [0.1, 0.15) is 23.8 Å². The molecule has 0 fully saturated rings. The molecular formula is C21H21N3O4. The summed E-state index contributed by atoms with van der Waals surface area (Å²) in [5, 5.41) is 8.20. The number of nitrogens with one attached hydrogen (secondary N) is 1. The van der Waals surface area contributed by atoms with E-state index in [9.17, 15) is 9.59 Å². The lowest BCUT2D eigenvalue weighted by molar-refractivity contribution is 0.0786. The molecule has 3 aromatic rings. The summed E-state index contributed by atoms with van der Waals surface area (Å²) in [6.45, 7) is 3.04. The number of nitrogens with zero attached hydrogens (tertiary/aromatic N) is 2. The SMILES string of the molecule is CCCn1nc(C(=O)NC[C@@H]2COc3ccccc3O2)c2ccccc2c1=O. The number of para-hydroxylation sites is 2. The zero-order valence-electron chi connectivity index (χ0n) is 15.6. The normalized spacial score (nSPS) is 15.4. The molecule has 2 aromatic carbocycles. The number of aryl methyl sites for hydroxylation is 1. The topological polar surface area (TPSA) is 82.5 Å². The van der Waals surface area contributed by atoms with E-state index in [1.807, 2.05) is 31.2 Å². The Labute approximate surface area is 161 Å². The molecular weight excluding hydrogens is 358 g/mol. The van der Waals surface area contributed by atoms with E-state index in [4.69, 9.17) is 9.47 Å². The van der Waals surface area contributed by atoms with Crippen LogP contribution in [0.4, 0.5) is 0 Å². The van der Waals surface area contributed by atoms with Crippen molar-refractivity contribution < 1.29 is 14.3 Å². The van der Waals surface area contributed by atoms with E-state index in [0.717, 1.165) is 6.42 Å². The zero-order valence-corrected chi connectivity index (χ0v) is 15.6. The van der Waals surface area contributed by atoms with Crippen molar-refractivity contribution in [2.45, 2.75) is 26.0 Å². The first-order chi connectivity index (χ1) is 13.7. The zero-order chi connectivity index (χ0) is 19.5. The highest BCUT2D eigenvalue weighted by Gasteiger charge is 2.23. The molecule has 1 aliphatic heterocycles. The highest BCUT2D eigenvalue weighted by atomic mass is 16.6. The average molecular weight is 379 g/mol. The third-order valence-corrected chi connectivity index (χ3v) is 4.58. The van der Waals surface area contributed by atoms with Crippen molar-refractivity contribution in [2.24, 2.45) is 0 Å². The van der Waals surface area contributed by atoms with Crippen LogP contribution >= 0.6 is 0 Å². The lowest BCUT2D eigenvalue weighted by Gasteiger charge is -2.26. The van der Waals surface area contributed by atoms with Gasteiger partial charge in [-0.3, -0.25) is 9.59 Å². The maximum absolute atomic E-state index is 12.8. The predicted molar refractivity (Wildman–Crippen MR) is 105 cm³/mol.